The molecule has 0 aliphatic carbocycles. The first kappa shape index (κ1) is 27.8. The Morgan fingerprint density at radius 3 is 2.18 bits per heavy atom. The predicted molar refractivity (Wildman–Crippen MR) is 111 cm³/mol. The molecule has 1 aliphatic heterocycles. The summed E-state index contributed by atoms with van der Waals surface area (Å²) < 4.78 is 0. The Kier molecular flexibility index (Phi) is 10.7. The van der Waals surface area contributed by atoms with Crippen molar-refractivity contribution in [1.29, 1.82) is 0 Å². The minimum atomic E-state index is -1.52. The van der Waals surface area contributed by atoms with Gasteiger partial charge < -0.3 is 42.3 Å². The Labute approximate surface area is 189 Å². The Balaban J connectivity index is 2.96. The Bertz CT molecular complexity index is 773. The number of carbonyl (C=O) groups excluding carboxylic acids is 4. The first-order chi connectivity index (χ1) is 15.3. The summed E-state index contributed by atoms with van der Waals surface area (Å²) in [5.74, 6) is -5.76. The van der Waals surface area contributed by atoms with Crippen LogP contribution in [0.4, 0.5) is 0 Å². The normalized spacial score (nSPS) is 19.1. The second-order valence-electron chi connectivity index (χ2n) is 7.86. The Hall–Kier alpha value is -3.26. The number of nitrogens with two attached hydrogens (primary N) is 2. The van der Waals surface area contributed by atoms with Gasteiger partial charge in [0.15, 0.2) is 0 Å². The van der Waals surface area contributed by atoms with Gasteiger partial charge in [-0.3, -0.25) is 24.0 Å². The molecule has 1 rings (SSSR count). The summed E-state index contributed by atoms with van der Waals surface area (Å²) in [6.07, 6.45) is -1.89. The predicted octanol–water partition coefficient (Wildman–Crippen LogP) is -3.13. The zero-order valence-corrected chi connectivity index (χ0v) is 18.2. The second kappa shape index (κ2) is 12.7. The molecular weight excluding hydrogens is 442 g/mol. The van der Waals surface area contributed by atoms with Gasteiger partial charge in [0.1, 0.15) is 18.1 Å². The van der Waals surface area contributed by atoms with Gasteiger partial charge >= 0.3 is 11.9 Å². The molecule has 14 nitrogen and oxygen atoms in total. The molecule has 1 fully saturated rings. The topological polar surface area (TPSA) is 242 Å². The fourth-order valence-electron chi connectivity index (χ4n) is 3.35. The van der Waals surface area contributed by atoms with Crippen LogP contribution in [-0.2, 0) is 28.8 Å². The third kappa shape index (κ3) is 8.65. The third-order valence-corrected chi connectivity index (χ3v) is 5.19. The molecule has 14 heteroatoms. The minimum absolute atomic E-state index is 0.102. The van der Waals surface area contributed by atoms with Gasteiger partial charge in [-0.1, -0.05) is 0 Å². The van der Waals surface area contributed by atoms with E-state index >= 15 is 0 Å². The van der Waals surface area contributed by atoms with Gasteiger partial charge in [0.2, 0.25) is 23.6 Å². The zero-order chi connectivity index (χ0) is 25.3. The number of carboxylic acids is 2. The summed E-state index contributed by atoms with van der Waals surface area (Å²) in [5, 5.41) is 32.8. The van der Waals surface area contributed by atoms with Crippen molar-refractivity contribution >= 4 is 35.6 Å². The number of hydrogen-bond donors (Lipinski definition) is 7. The monoisotopic (exact) mass is 473 g/mol. The van der Waals surface area contributed by atoms with Crippen molar-refractivity contribution in [3.05, 3.63) is 0 Å². The number of aliphatic hydroxyl groups is 1. The van der Waals surface area contributed by atoms with Crippen LogP contribution in [0.1, 0.15) is 45.4 Å². The van der Waals surface area contributed by atoms with Crippen LogP contribution in [0.5, 0.6) is 0 Å². The van der Waals surface area contributed by atoms with E-state index in [-0.39, 0.29) is 32.2 Å². The fraction of sp³-hybridized carbons (Fsp3) is 0.684. The Morgan fingerprint density at radius 1 is 1.03 bits per heavy atom. The number of primary amides is 1. The molecule has 1 aliphatic rings. The molecule has 0 bridgehead atoms. The van der Waals surface area contributed by atoms with Crippen molar-refractivity contribution in [1.82, 2.24) is 15.5 Å². The molecule has 5 atom stereocenters. The van der Waals surface area contributed by atoms with Crippen LogP contribution < -0.4 is 22.1 Å². The van der Waals surface area contributed by atoms with Crippen LogP contribution in [0.3, 0.4) is 0 Å². The van der Waals surface area contributed by atoms with E-state index in [0.717, 1.165) is 4.90 Å². The van der Waals surface area contributed by atoms with E-state index in [2.05, 4.69) is 10.6 Å². The quantitative estimate of drug-likeness (QED) is 0.142. The lowest BCUT2D eigenvalue weighted by atomic mass is 10.1. The summed E-state index contributed by atoms with van der Waals surface area (Å²) in [6, 6.07) is -5.24. The maximum absolute atomic E-state index is 12.8. The van der Waals surface area contributed by atoms with E-state index in [9.17, 15) is 39.0 Å². The SMILES string of the molecule is CC(O)C(NC(=O)C(CCC(=O)O)NC(=O)C(N)CCC(N)=O)C(=O)N1CCCC1C(=O)O. The molecular formula is C19H31N5O9. The highest BCUT2D eigenvalue weighted by Crippen LogP contribution is 2.19. The molecule has 1 heterocycles. The molecule has 0 aromatic carbocycles. The van der Waals surface area contributed by atoms with E-state index in [1.165, 1.54) is 6.92 Å². The molecule has 0 radical (unpaired) electrons. The molecule has 0 aromatic rings. The fourth-order valence-corrected chi connectivity index (χ4v) is 3.35. The number of nitrogens with zero attached hydrogens (tertiary/aromatic N) is 1. The van der Waals surface area contributed by atoms with Gasteiger partial charge in [-0.15, -0.1) is 0 Å². The molecule has 186 valence electrons. The molecule has 4 amide bonds. The largest absolute Gasteiger partial charge is 0.481 e. The number of carbonyl (C=O) groups is 6. The first-order valence-corrected chi connectivity index (χ1v) is 10.4. The number of carboxylic acid groups (broad SMARTS) is 2. The van der Waals surface area contributed by atoms with Crippen LogP contribution in [-0.4, -0.2) is 92.6 Å². The standard InChI is InChI=1S/C19H31N5O9/c1-9(25)15(18(31)24-8-2-3-12(24)19(32)33)23-17(30)11(5-7-14(27)28)22-16(29)10(20)4-6-13(21)26/h9-12,15,25H,2-8,20H2,1H3,(H2,21,26)(H,22,29)(H,23,30)(H,27,28)(H,32,33). The van der Waals surface area contributed by atoms with Crippen molar-refractivity contribution in [2.45, 2.75) is 75.7 Å². The summed E-state index contributed by atoms with van der Waals surface area (Å²) in [5.41, 5.74) is 10.7. The van der Waals surface area contributed by atoms with E-state index in [4.69, 9.17) is 16.6 Å². The number of aliphatic carboxylic acids is 2. The number of rotatable bonds is 13. The summed E-state index contributed by atoms with van der Waals surface area (Å²) in [7, 11) is 0. The van der Waals surface area contributed by atoms with Crippen LogP contribution in [0.15, 0.2) is 0 Å². The molecule has 0 aromatic heterocycles. The molecule has 5 unspecified atom stereocenters. The third-order valence-electron chi connectivity index (χ3n) is 5.19. The summed E-state index contributed by atoms with van der Waals surface area (Å²) in [6.45, 7) is 1.35. The van der Waals surface area contributed by atoms with Crippen molar-refractivity contribution in [3.63, 3.8) is 0 Å². The van der Waals surface area contributed by atoms with Gasteiger partial charge in [-0.2, -0.15) is 0 Å². The molecule has 0 spiro atoms. The van der Waals surface area contributed by atoms with Crippen molar-refractivity contribution < 1.29 is 44.1 Å². The van der Waals surface area contributed by atoms with Crippen LogP contribution in [0, 0.1) is 0 Å². The molecule has 1 saturated heterocycles. The number of nitrogens with one attached hydrogen (secondary N) is 2. The highest BCUT2D eigenvalue weighted by atomic mass is 16.4. The highest BCUT2D eigenvalue weighted by molar-refractivity contribution is 5.94. The summed E-state index contributed by atoms with van der Waals surface area (Å²) >= 11 is 0. The maximum atomic E-state index is 12.8. The maximum Gasteiger partial charge on any atom is 0.326 e. The van der Waals surface area contributed by atoms with E-state index in [0.29, 0.717) is 6.42 Å². The molecule has 0 saturated carbocycles. The van der Waals surface area contributed by atoms with Crippen LogP contribution in [0.25, 0.3) is 0 Å². The lowest BCUT2D eigenvalue weighted by Crippen LogP contribution is -2.59. The lowest BCUT2D eigenvalue weighted by molar-refractivity contribution is -0.150. The smallest absolute Gasteiger partial charge is 0.326 e. The van der Waals surface area contributed by atoms with Gasteiger partial charge in [0, 0.05) is 19.4 Å². The van der Waals surface area contributed by atoms with Gasteiger partial charge in [-0.05, 0) is 32.6 Å². The van der Waals surface area contributed by atoms with Gasteiger partial charge in [-0.25, -0.2) is 4.79 Å². The molecule has 33 heavy (non-hydrogen) atoms. The number of hydrogen-bond acceptors (Lipinski definition) is 8. The summed E-state index contributed by atoms with van der Waals surface area (Å²) in [4.78, 5) is 72.2. The number of amides is 4. The zero-order valence-electron chi connectivity index (χ0n) is 18.2. The van der Waals surface area contributed by atoms with E-state index in [1.807, 2.05) is 0 Å². The second-order valence-corrected chi connectivity index (χ2v) is 7.86. The van der Waals surface area contributed by atoms with Crippen molar-refractivity contribution in [2.24, 2.45) is 11.5 Å². The van der Waals surface area contributed by atoms with E-state index in [1.54, 1.807) is 0 Å². The number of aliphatic hydroxyl groups excluding tert-OH is 1. The highest BCUT2D eigenvalue weighted by Gasteiger charge is 2.40. The van der Waals surface area contributed by atoms with Crippen molar-refractivity contribution in [3.8, 4) is 0 Å². The van der Waals surface area contributed by atoms with Gasteiger partial charge in [0.05, 0.1) is 12.1 Å². The minimum Gasteiger partial charge on any atom is -0.481 e. The van der Waals surface area contributed by atoms with Crippen LogP contribution in [0.2, 0.25) is 0 Å². The van der Waals surface area contributed by atoms with Crippen molar-refractivity contribution in [2.75, 3.05) is 6.54 Å². The first-order valence-electron chi connectivity index (χ1n) is 10.4. The average molecular weight is 473 g/mol. The molecule has 9 N–H and O–H groups in total. The lowest BCUT2D eigenvalue weighted by Gasteiger charge is -2.30. The Morgan fingerprint density at radius 2 is 1.67 bits per heavy atom. The van der Waals surface area contributed by atoms with Crippen LogP contribution >= 0.6 is 0 Å². The van der Waals surface area contributed by atoms with E-state index < -0.39 is 72.3 Å². The number of likely N-dealkylation sites (tertiary alicyclic amines) is 1. The van der Waals surface area contributed by atoms with Gasteiger partial charge in [0.25, 0.3) is 0 Å². The average Bonchev–Trinajstić information content (AvgIpc) is 3.22.